The van der Waals surface area contributed by atoms with Gasteiger partial charge in [0, 0.05) is 27.7 Å². The molecule has 6 nitrogen and oxygen atoms in total. The summed E-state index contributed by atoms with van der Waals surface area (Å²) in [6.45, 7) is 0.312. The van der Waals surface area contributed by atoms with E-state index in [-0.39, 0.29) is 34.8 Å². The summed E-state index contributed by atoms with van der Waals surface area (Å²) < 4.78 is 25.4. The van der Waals surface area contributed by atoms with E-state index in [9.17, 15) is 8.42 Å². The fraction of sp³-hybridized carbons (Fsp3) is 0.364. The molecule has 108 valence electrons. The number of nitrogens with one attached hydrogen (secondary N) is 1. The van der Waals surface area contributed by atoms with E-state index in [2.05, 4.69) is 10.3 Å². The highest BCUT2D eigenvalue weighted by atomic mass is 127. The van der Waals surface area contributed by atoms with Crippen LogP contribution >= 0.6 is 24.0 Å². The van der Waals surface area contributed by atoms with Crippen molar-refractivity contribution in [3.05, 3.63) is 29.8 Å². The molecule has 3 N–H and O–H groups in total. The first-order chi connectivity index (χ1) is 8.39. The maximum atomic E-state index is 12.1. The summed E-state index contributed by atoms with van der Waals surface area (Å²) in [5.74, 6) is 0.270. The summed E-state index contributed by atoms with van der Waals surface area (Å²) >= 11 is 0. The number of hydrogen-bond donors (Lipinski definition) is 2. The van der Waals surface area contributed by atoms with Crippen molar-refractivity contribution in [1.29, 1.82) is 0 Å². The second kappa shape index (κ2) is 7.65. The first kappa shape index (κ1) is 18.1. The number of rotatable bonds is 4. The number of aliphatic imine (C=N–C) groups is 1. The molecule has 1 aromatic carbocycles. The number of sulfonamides is 1. The third kappa shape index (κ3) is 4.62. The normalized spacial score (nSPS) is 12.1. The van der Waals surface area contributed by atoms with Crippen molar-refractivity contribution in [2.45, 2.75) is 11.4 Å². The van der Waals surface area contributed by atoms with Crippen LogP contribution in [0.3, 0.4) is 0 Å². The van der Waals surface area contributed by atoms with Crippen LogP contribution in [-0.2, 0) is 16.6 Å². The second-order valence-electron chi connectivity index (χ2n) is 3.86. The molecule has 0 spiro atoms. The van der Waals surface area contributed by atoms with Crippen molar-refractivity contribution >= 4 is 40.0 Å². The molecule has 8 heteroatoms. The SMILES string of the molecule is CN=C(N)NCc1ccccc1S(=O)(=O)N(C)C.I. The largest absolute Gasteiger partial charge is 0.370 e. The predicted molar refractivity (Wildman–Crippen MR) is 87.1 cm³/mol. The van der Waals surface area contributed by atoms with E-state index in [0.29, 0.717) is 12.1 Å². The van der Waals surface area contributed by atoms with Gasteiger partial charge in [-0.05, 0) is 11.6 Å². The minimum atomic E-state index is -3.45. The van der Waals surface area contributed by atoms with Gasteiger partial charge in [-0.15, -0.1) is 24.0 Å². The van der Waals surface area contributed by atoms with Crippen LogP contribution in [0.2, 0.25) is 0 Å². The van der Waals surface area contributed by atoms with Gasteiger partial charge in [-0.3, -0.25) is 4.99 Å². The lowest BCUT2D eigenvalue weighted by atomic mass is 10.2. The van der Waals surface area contributed by atoms with Gasteiger partial charge < -0.3 is 11.1 Å². The zero-order chi connectivity index (χ0) is 13.8. The topological polar surface area (TPSA) is 87.8 Å². The van der Waals surface area contributed by atoms with Gasteiger partial charge in [0.15, 0.2) is 5.96 Å². The minimum Gasteiger partial charge on any atom is -0.370 e. The van der Waals surface area contributed by atoms with Crippen LogP contribution in [0.15, 0.2) is 34.2 Å². The van der Waals surface area contributed by atoms with E-state index in [1.165, 1.54) is 18.4 Å². The van der Waals surface area contributed by atoms with Crippen LogP contribution in [0.25, 0.3) is 0 Å². The van der Waals surface area contributed by atoms with Crippen molar-refractivity contribution in [2.24, 2.45) is 10.7 Å². The Bertz CT molecular complexity index is 543. The van der Waals surface area contributed by atoms with Crippen molar-refractivity contribution < 1.29 is 8.42 Å². The highest BCUT2D eigenvalue weighted by Crippen LogP contribution is 2.18. The summed E-state index contributed by atoms with van der Waals surface area (Å²) in [4.78, 5) is 4.02. The molecule has 0 atom stereocenters. The predicted octanol–water partition coefficient (Wildman–Crippen LogP) is 0.589. The van der Waals surface area contributed by atoms with E-state index in [1.807, 2.05) is 0 Å². The Hall–Kier alpha value is -0.870. The van der Waals surface area contributed by atoms with Crippen LogP contribution in [0.5, 0.6) is 0 Å². The highest BCUT2D eigenvalue weighted by Gasteiger charge is 2.20. The van der Waals surface area contributed by atoms with Crippen LogP contribution in [0, 0.1) is 0 Å². The lowest BCUT2D eigenvalue weighted by Crippen LogP contribution is -2.32. The van der Waals surface area contributed by atoms with Gasteiger partial charge in [-0.1, -0.05) is 18.2 Å². The molecular formula is C11H19IN4O2S. The molecule has 0 heterocycles. The number of benzene rings is 1. The van der Waals surface area contributed by atoms with Crippen molar-refractivity contribution in [3.63, 3.8) is 0 Å². The maximum Gasteiger partial charge on any atom is 0.242 e. The molecule has 0 bridgehead atoms. The Kier molecular flexibility index (Phi) is 7.30. The van der Waals surface area contributed by atoms with Gasteiger partial charge in [0.2, 0.25) is 10.0 Å². The number of halogens is 1. The zero-order valence-electron chi connectivity index (χ0n) is 11.1. The Balaban J connectivity index is 0.00000324. The number of guanidine groups is 1. The van der Waals surface area contributed by atoms with E-state index in [4.69, 9.17) is 5.73 Å². The molecule has 0 unspecified atom stereocenters. The van der Waals surface area contributed by atoms with Gasteiger partial charge in [0.1, 0.15) is 0 Å². The highest BCUT2D eigenvalue weighted by molar-refractivity contribution is 14.0. The molecule has 0 amide bonds. The Morgan fingerprint density at radius 2 is 1.95 bits per heavy atom. The second-order valence-corrected chi connectivity index (χ2v) is 5.98. The molecule has 0 aliphatic carbocycles. The summed E-state index contributed by atoms with van der Waals surface area (Å²) in [6.07, 6.45) is 0. The summed E-state index contributed by atoms with van der Waals surface area (Å²) in [5.41, 5.74) is 6.17. The van der Waals surface area contributed by atoms with Gasteiger partial charge in [-0.25, -0.2) is 12.7 Å². The fourth-order valence-electron chi connectivity index (χ4n) is 1.36. The summed E-state index contributed by atoms with van der Waals surface area (Å²) in [6, 6.07) is 6.79. The van der Waals surface area contributed by atoms with Crippen molar-refractivity contribution in [2.75, 3.05) is 21.1 Å². The summed E-state index contributed by atoms with van der Waals surface area (Å²) in [7, 11) is 1.11. The minimum absolute atomic E-state index is 0. The van der Waals surface area contributed by atoms with Crippen molar-refractivity contribution in [1.82, 2.24) is 9.62 Å². The molecule has 0 radical (unpaired) electrons. The quantitative estimate of drug-likeness (QED) is 0.442. The molecular weight excluding hydrogens is 379 g/mol. The number of hydrogen-bond acceptors (Lipinski definition) is 3. The first-order valence-corrected chi connectivity index (χ1v) is 6.80. The van der Waals surface area contributed by atoms with Gasteiger partial charge >= 0.3 is 0 Å². The molecule has 0 saturated heterocycles. The first-order valence-electron chi connectivity index (χ1n) is 5.36. The van der Waals surface area contributed by atoms with E-state index < -0.39 is 10.0 Å². The molecule has 1 aromatic rings. The Morgan fingerprint density at radius 1 is 1.37 bits per heavy atom. The number of nitrogens with zero attached hydrogens (tertiary/aromatic N) is 2. The molecule has 0 aromatic heterocycles. The monoisotopic (exact) mass is 398 g/mol. The van der Waals surface area contributed by atoms with Gasteiger partial charge in [0.05, 0.1) is 4.90 Å². The van der Waals surface area contributed by atoms with Crippen LogP contribution in [0.1, 0.15) is 5.56 Å². The van der Waals surface area contributed by atoms with Gasteiger partial charge in [-0.2, -0.15) is 0 Å². The molecule has 0 aliphatic rings. The summed E-state index contributed by atoms with van der Waals surface area (Å²) in [5, 5.41) is 2.84. The van der Waals surface area contributed by atoms with Crippen LogP contribution in [0.4, 0.5) is 0 Å². The van der Waals surface area contributed by atoms with Crippen LogP contribution in [-0.4, -0.2) is 39.8 Å². The zero-order valence-corrected chi connectivity index (χ0v) is 14.3. The van der Waals surface area contributed by atoms with E-state index >= 15 is 0 Å². The smallest absolute Gasteiger partial charge is 0.242 e. The van der Waals surface area contributed by atoms with E-state index in [1.54, 1.807) is 31.3 Å². The van der Waals surface area contributed by atoms with Gasteiger partial charge in [0.25, 0.3) is 0 Å². The Labute approximate surface area is 131 Å². The van der Waals surface area contributed by atoms with Crippen molar-refractivity contribution in [3.8, 4) is 0 Å². The van der Waals surface area contributed by atoms with E-state index in [0.717, 1.165) is 0 Å². The fourth-order valence-corrected chi connectivity index (χ4v) is 2.48. The van der Waals surface area contributed by atoms with Crippen LogP contribution < -0.4 is 11.1 Å². The Morgan fingerprint density at radius 3 is 2.47 bits per heavy atom. The average molecular weight is 398 g/mol. The third-order valence-electron chi connectivity index (χ3n) is 2.43. The lowest BCUT2D eigenvalue weighted by molar-refractivity contribution is 0.519. The molecule has 1 rings (SSSR count). The standard InChI is InChI=1S/C11H18N4O2S.HI/c1-13-11(12)14-8-9-6-4-5-7-10(9)18(16,17)15(2)3;/h4-7H,8H2,1-3H3,(H3,12,13,14);1H. The molecule has 0 fully saturated rings. The number of nitrogens with two attached hydrogens (primary N) is 1. The third-order valence-corrected chi connectivity index (χ3v) is 4.35. The molecule has 0 saturated carbocycles. The average Bonchev–Trinajstić information content (AvgIpc) is 2.35. The maximum absolute atomic E-state index is 12.1. The molecule has 19 heavy (non-hydrogen) atoms. The molecule has 0 aliphatic heterocycles. The lowest BCUT2D eigenvalue weighted by Gasteiger charge is -2.15.